The molecular formula is C10H16O2. The molecule has 0 aliphatic heterocycles. The summed E-state index contributed by atoms with van der Waals surface area (Å²) in [6.45, 7) is 2.24. The summed E-state index contributed by atoms with van der Waals surface area (Å²) in [7, 11) is 0. The van der Waals surface area contributed by atoms with Crippen LogP contribution in [-0.2, 0) is 4.79 Å². The Bertz CT molecular complexity index is 194. The molecule has 1 unspecified atom stereocenters. The number of rotatable bonds is 1. The fourth-order valence-electron chi connectivity index (χ4n) is 1.70. The Hall–Kier alpha value is -0.790. The van der Waals surface area contributed by atoms with E-state index in [-0.39, 0.29) is 0 Å². The van der Waals surface area contributed by atoms with Crippen LogP contribution in [0.2, 0.25) is 0 Å². The van der Waals surface area contributed by atoms with Crippen molar-refractivity contribution in [1.82, 2.24) is 0 Å². The van der Waals surface area contributed by atoms with Crippen molar-refractivity contribution in [3.8, 4) is 0 Å². The predicted molar refractivity (Wildman–Crippen MR) is 48.0 cm³/mol. The second kappa shape index (κ2) is 4.29. The van der Waals surface area contributed by atoms with Crippen molar-refractivity contribution in [1.29, 1.82) is 0 Å². The molecule has 0 aromatic carbocycles. The van der Waals surface area contributed by atoms with E-state index in [9.17, 15) is 4.79 Å². The SMILES string of the molecule is CC1CCC/C(=C\C(=O)O)CC1. The van der Waals surface area contributed by atoms with Crippen LogP contribution in [0.4, 0.5) is 0 Å². The van der Waals surface area contributed by atoms with Crippen LogP contribution in [0.3, 0.4) is 0 Å². The molecule has 12 heavy (non-hydrogen) atoms. The van der Waals surface area contributed by atoms with Crippen LogP contribution < -0.4 is 0 Å². The van der Waals surface area contributed by atoms with Gasteiger partial charge in [0.2, 0.25) is 0 Å². The lowest BCUT2D eigenvalue weighted by atomic mass is 10.0. The Balaban J connectivity index is 2.51. The zero-order valence-corrected chi connectivity index (χ0v) is 7.55. The molecule has 68 valence electrons. The van der Waals surface area contributed by atoms with Crippen molar-refractivity contribution in [3.63, 3.8) is 0 Å². The molecule has 1 fully saturated rings. The summed E-state index contributed by atoms with van der Waals surface area (Å²) in [5, 5.41) is 8.55. The highest BCUT2D eigenvalue weighted by atomic mass is 16.4. The summed E-state index contributed by atoms with van der Waals surface area (Å²) in [5.74, 6) is -0.0238. The van der Waals surface area contributed by atoms with Crippen molar-refractivity contribution in [2.75, 3.05) is 0 Å². The van der Waals surface area contributed by atoms with Crippen LogP contribution >= 0.6 is 0 Å². The van der Waals surface area contributed by atoms with Gasteiger partial charge >= 0.3 is 5.97 Å². The number of aliphatic carboxylic acids is 1. The van der Waals surface area contributed by atoms with Crippen molar-refractivity contribution < 1.29 is 9.90 Å². The lowest BCUT2D eigenvalue weighted by molar-refractivity contribution is -0.131. The highest BCUT2D eigenvalue weighted by Gasteiger charge is 2.10. The van der Waals surface area contributed by atoms with E-state index in [1.54, 1.807) is 0 Å². The minimum absolute atomic E-state index is 0.768. The highest BCUT2D eigenvalue weighted by Crippen LogP contribution is 2.25. The molecule has 1 rings (SSSR count). The molecule has 0 bridgehead atoms. The molecule has 0 saturated heterocycles. The van der Waals surface area contributed by atoms with E-state index in [0.717, 1.165) is 37.2 Å². The van der Waals surface area contributed by atoms with Gasteiger partial charge in [-0.3, -0.25) is 0 Å². The third-order valence-corrected chi connectivity index (χ3v) is 2.48. The fourth-order valence-corrected chi connectivity index (χ4v) is 1.70. The Morgan fingerprint density at radius 3 is 2.92 bits per heavy atom. The maximum atomic E-state index is 10.4. The number of hydrogen-bond acceptors (Lipinski definition) is 1. The Kier molecular flexibility index (Phi) is 3.32. The van der Waals surface area contributed by atoms with Crippen LogP contribution in [0.1, 0.15) is 39.0 Å². The smallest absolute Gasteiger partial charge is 0.328 e. The van der Waals surface area contributed by atoms with Crippen LogP contribution in [0.25, 0.3) is 0 Å². The number of carboxylic acids is 1. The normalized spacial score (nSPS) is 28.4. The number of carbonyl (C=O) groups is 1. The Labute approximate surface area is 73.3 Å². The molecule has 1 aliphatic rings. The second-order valence-corrected chi connectivity index (χ2v) is 3.68. The van der Waals surface area contributed by atoms with Crippen LogP contribution in [-0.4, -0.2) is 11.1 Å². The fraction of sp³-hybridized carbons (Fsp3) is 0.700. The molecule has 1 aliphatic carbocycles. The molecule has 0 aromatic heterocycles. The Morgan fingerprint density at radius 2 is 2.25 bits per heavy atom. The first-order valence-corrected chi connectivity index (χ1v) is 4.61. The predicted octanol–water partition coefficient (Wildman–Crippen LogP) is 2.60. The van der Waals surface area contributed by atoms with Gasteiger partial charge in [-0.05, 0) is 31.6 Å². The standard InChI is InChI=1S/C10H16O2/c1-8-3-2-4-9(6-5-8)7-10(11)12/h7-8H,2-6H2,1H3,(H,11,12)/b9-7+. The maximum Gasteiger partial charge on any atom is 0.328 e. The summed E-state index contributed by atoms with van der Waals surface area (Å²) < 4.78 is 0. The summed E-state index contributed by atoms with van der Waals surface area (Å²) in [6, 6.07) is 0. The van der Waals surface area contributed by atoms with Gasteiger partial charge in [0.25, 0.3) is 0 Å². The van der Waals surface area contributed by atoms with Crippen molar-refractivity contribution in [2.45, 2.75) is 39.0 Å². The van der Waals surface area contributed by atoms with Crippen LogP contribution in [0, 0.1) is 5.92 Å². The summed E-state index contributed by atoms with van der Waals surface area (Å²) in [4.78, 5) is 10.4. The molecule has 0 amide bonds. The van der Waals surface area contributed by atoms with Gasteiger partial charge in [-0.2, -0.15) is 0 Å². The van der Waals surface area contributed by atoms with Crippen molar-refractivity contribution in [3.05, 3.63) is 11.6 Å². The average Bonchev–Trinajstić information content (AvgIpc) is 2.15. The second-order valence-electron chi connectivity index (χ2n) is 3.68. The van der Waals surface area contributed by atoms with Crippen molar-refractivity contribution >= 4 is 5.97 Å². The molecule has 0 spiro atoms. The average molecular weight is 168 g/mol. The van der Waals surface area contributed by atoms with E-state index in [0.29, 0.717) is 0 Å². The molecule has 0 aromatic rings. The summed E-state index contributed by atoms with van der Waals surface area (Å²) in [6.07, 6.45) is 6.90. The maximum absolute atomic E-state index is 10.4. The quantitative estimate of drug-likeness (QED) is 0.482. The van der Waals surface area contributed by atoms with Gasteiger partial charge in [0.05, 0.1) is 0 Å². The first-order chi connectivity index (χ1) is 5.68. The van der Waals surface area contributed by atoms with Gasteiger partial charge < -0.3 is 5.11 Å². The molecule has 2 heteroatoms. The zero-order valence-electron chi connectivity index (χ0n) is 7.55. The minimum atomic E-state index is -0.792. The summed E-state index contributed by atoms with van der Waals surface area (Å²) in [5.41, 5.74) is 1.12. The molecule has 2 nitrogen and oxygen atoms in total. The zero-order chi connectivity index (χ0) is 8.97. The third kappa shape index (κ3) is 3.07. The van der Waals surface area contributed by atoms with Gasteiger partial charge in [0.15, 0.2) is 0 Å². The number of allylic oxidation sites excluding steroid dienone is 1. The third-order valence-electron chi connectivity index (χ3n) is 2.48. The lowest BCUT2D eigenvalue weighted by Crippen LogP contribution is -1.92. The van der Waals surface area contributed by atoms with E-state index in [1.807, 2.05) is 0 Å². The molecule has 0 heterocycles. The molecule has 1 N–H and O–H groups in total. The van der Waals surface area contributed by atoms with E-state index >= 15 is 0 Å². The Morgan fingerprint density at radius 1 is 1.50 bits per heavy atom. The highest BCUT2D eigenvalue weighted by molar-refractivity contribution is 5.80. The molecular weight excluding hydrogens is 152 g/mol. The van der Waals surface area contributed by atoms with Crippen LogP contribution in [0.15, 0.2) is 11.6 Å². The number of carboxylic acid groups (broad SMARTS) is 1. The van der Waals surface area contributed by atoms with Crippen molar-refractivity contribution in [2.24, 2.45) is 5.92 Å². The van der Waals surface area contributed by atoms with E-state index < -0.39 is 5.97 Å². The molecule has 0 radical (unpaired) electrons. The first-order valence-electron chi connectivity index (χ1n) is 4.61. The van der Waals surface area contributed by atoms with Gasteiger partial charge in [-0.1, -0.05) is 18.9 Å². The largest absolute Gasteiger partial charge is 0.478 e. The van der Waals surface area contributed by atoms with E-state index in [4.69, 9.17) is 5.11 Å². The first kappa shape index (κ1) is 9.30. The van der Waals surface area contributed by atoms with Gasteiger partial charge in [0, 0.05) is 6.08 Å². The van der Waals surface area contributed by atoms with Crippen LogP contribution in [0.5, 0.6) is 0 Å². The van der Waals surface area contributed by atoms with Gasteiger partial charge in [0.1, 0.15) is 0 Å². The van der Waals surface area contributed by atoms with Gasteiger partial charge in [-0.15, -0.1) is 0 Å². The number of hydrogen-bond donors (Lipinski definition) is 1. The lowest BCUT2D eigenvalue weighted by Gasteiger charge is -2.03. The van der Waals surface area contributed by atoms with Gasteiger partial charge in [-0.25, -0.2) is 4.79 Å². The topological polar surface area (TPSA) is 37.3 Å². The molecule has 1 atom stereocenters. The van der Waals surface area contributed by atoms with E-state index in [2.05, 4.69) is 6.92 Å². The minimum Gasteiger partial charge on any atom is -0.478 e. The molecule has 1 saturated carbocycles. The monoisotopic (exact) mass is 168 g/mol. The summed E-state index contributed by atoms with van der Waals surface area (Å²) >= 11 is 0. The van der Waals surface area contributed by atoms with E-state index in [1.165, 1.54) is 12.5 Å².